The van der Waals surface area contributed by atoms with Crippen molar-refractivity contribution in [3.05, 3.63) is 76.5 Å². The number of rotatable bonds is 4. The Morgan fingerprint density at radius 2 is 1.72 bits per heavy atom. The summed E-state index contributed by atoms with van der Waals surface area (Å²) in [6, 6.07) is 16.4. The summed E-state index contributed by atoms with van der Waals surface area (Å²) in [5.74, 6) is -0.963. The molecule has 0 aliphatic heterocycles. The maximum Gasteiger partial charge on any atom is 0.276 e. The number of amides is 2. The molecule has 0 saturated heterocycles. The average molecular weight is 476 g/mol. The third-order valence-corrected chi connectivity index (χ3v) is 4.86. The fourth-order valence-electron chi connectivity index (χ4n) is 2.44. The van der Waals surface area contributed by atoms with E-state index in [4.69, 9.17) is 17.0 Å². The van der Waals surface area contributed by atoms with Crippen molar-refractivity contribution in [2.75, 3.05) is 6.61 Å². The molecule has 0 radical (unpaired) electrons. The topological polar surface area (TPSA) is 79.5 Å². The molecule has 0 spiro atoms. The van der Waals surface area contributed by atoms with Gasteiger partial charge in [-0.05, 0) is 69.3 Å². The molecule has 9 heteroatoms. The van der Waals surface area contributed by atoms with Gasteiger partial charge >= 0.3 is 0 Å². The minimum Gasteiger partial charge on any atom is -0.483 e. The predicted octanol–water partition coefficient (Wildman–Crippen LogP) is 3.46. The van der Waals surface area contributed by atoms with Gasteiger partial charge in [0.2, 0.25) is 0 Å². The first-order valence-corrected chi connectivity index (χ1v) is 9.60. The molecule has 0 heterocycles. The first-order chi connectivity index (χ1) is 13.9. The predicted molar refractivity (Wildman–Crippen MR) is 115 cm³/mol. The van der Waals surface area contributed by atoms with Gasteiger partial charge in [0.05, 0.1) is 4.47 Å². The second-order valence-corrected chi connectivity index (χ2v) is 7.05. The van der Waals surface area contributed by atoms with E-state index >= 15 is 0 Å². The number of ether oxygens (including phenoxy) is 1. The van der Waals surface area contributed by atoms with Crippen LogP contribution in [0.3, 0.4) is 0 Å². The van der Waals surface area contributed by atoms with Gasteiger partial charge in [-0.1, -0.05) is 30.3 Å². The summed E-state index contributed by atoms with van der Waals surface area (Å²) in [5, 5.41) is 4.27. The zero-order valence-electron chi connectivity index (χ0n) is 14.9. The molecule has 0 bridgehead atoms. The molecular weight excluding hydrogens is 461 g/mol. The number of carbonyl (C=O) groups excluding carboxylic acids is 2. The Kier molecular flexibility index (Phi) is 6.73. The number of hydrazine groups is 1. The number of nitrogens with one attached hydrogen (secondary N) is 3. The van der Waals surface area contributed by atoms with Crippen molar-refractivity contribution in [1.82, 2.24) is 16.2 Å². The highest BCUT2D eigenvalue weighted by atomic mass is 79.9. The van der Waals surface area contributed by atoms with Crippen LogP contribution in [0.25, 0.3) is 10.8 Å². The summed E-state index contributed by atoms with van der Waals surface area (Å²) in [4.78, 5) is 23.9. The minimum atomic E-state index is -0.534. The molecule has 29 heavy (non-hydrogen) atoms. The number of hydrogen-bond acceptors (Lipinski definition) is 4. The molecule has 0 aromatic heterocycles. The second-order valence-electron chi connectivity index (χ2n) is 5.85. The Labute approximate surface area is 179 Å². The lowest BCUT2D eigenvalue weighted by Gasteiger charge is -2.12. The summed E-state index contributed by atoms with van der Waals surface area (Å²) >= 11 is 8.43. The fourth-order valence-corrected chi connectivity index (χ4v) is 3.19. The van der Waals surface area contributed by atoms with Gasteiger partial charge in [-0.15, -0.1) is 0 Å². The van der Waals surface area contributed by atoms with Crippen molar-refractivity contribution in [2.45, 2.75) is 0 Å². The first kappa shape index (κ1) is 20.7. The number of thiocarbonyl (C=S) groups is 1. The van der Waals surface area contributed by atoms with Gasteiger partial charge in [-0.3, -0.25) is 25.8 Å². The van der Waals surface area contributed by atoms with Crippen molar-refractivity contribution in [3.8, 4) is 5.75 Å². The quantitative estimate of drug-likeness (QED) is 0.397. The molecular formula is C20H15BrFN3O3S. The Balaban J connectivity index is 1.47. The van der Waals surface area contributed by atoms with E-state index in [0.29, 0.717) is 5.75 Å². The molecule has 0 aliphatic rings. The molecule has 0 unspecified atom stereocenters. The van der Waals surface area contributed by atoms with Crippen LogP contribution in [-0.2, 0) is 4.79 Å². The Morgan fingerprint density at radius 3 is 2.48 bits per heavy atom. The molecule has 2 amide bonds. The normalized spacial score (nSPS) is 10.3. The number of benzene rings is 3. The first-order valence-electron chi connectivity index (χ1n) is 8.40. The van der Waals surface area contributed by atoms with E-state index in [1.807, 2.05) is 30.3 Å². The highest BCUT2D eigenvalue weighted by Gasteiger charge is 2.11. The van der Waals surface area contributed by atoms with Crippen LogP contribution in [-0.4, -0.2) is 23.5 Å². The molecule has 3 aromatic rings. The maximum absolute atomic E-state index is 12.9. The lowest BCUT2D eigenvalue weighted by Crippen LogP contribution is -2.49. The van der Waals surface area contributed by atoms with E-state index in [1.54, 1.807) is 6.07 Å². The van der Waals surface area contributed by atoms with Crippen molar-refractivity contribution in [2.24, 2.45) is 0 Å². The standard InChI is InChI=1S/C20H15BrFN3O3S/c21-18-15-4-2-1-3-12(15)7-10-16(18)28-11-17(26)24-25-20(29)23-19(27)13-5-8-14(22)9-6-13/h1-10H,11H2,(H,24,26)(H2,23,25,27,29). The third kappa shape index (κ3) is 5.49. The van der Waals surface area contributed by atoms with Crippen molar-refractivity contribution in [1.29, 1.82) is 0 Å². The lowest BCUT2D eigenvalue weighted by molar-refractivity contribution is -0.123. The van der Waals surface area contributed by atoms with Crippen LogP contribution in [0.2, 0.25) is 0 Å². The monoisotopic (exact) mass is 475 g/mol. The van der Waals surface area contributed by atoms with E-state index in [-0.39, 0.29) is 17.3 Å². The molecule has 3 N–H and O–H groups in total. The average Bonchev–Trinajstić information content (AvgIpc) is 2.72. The molecule has 3 aromatic carbocycles. The minimum absolute atomic E-state index is 0.112. The van der Waals surface area contributed by atoms with E-state index in [1.165, 1.54) is 12.1 Å². The summed E-state index contributed by atoms with van der Waals surface area (Å²) in [5.41, 5.74) is 4.97. The van der Waals surface area contributed by atoms with Gasteiger partial charge in [-0.25, -0.2) is 4.39 Å². The van der Waals surface area contributed by atoms with Gasteiger partial charge in [0, 0.05) is 5.56 Å². The second kappa shape index (κ2) is 9.44. The molecule has 3 rings (SSSR count). The van der Waals surface area contributed by atoms with Crippen LogP contribution in [0.4, 0.5) is 4.39 Å². The van der Waals surface area contributed by atoms with Gasteiger partial charge < -0.3 is 4.74 Å². The molecule has 0 fully saturated rings. The van der Waals surface area contributed by atoms with Crippen LogP contribution >= 0.6 is 28.1 Å². The van der Waals surface area contributed by atoms with Crippen molar-refractivity contribution >= 4 is 55.8 Å². The molecule has 0 atom stereocenters. The van der Waals surface area contributed by atoms with Crippen LogP contribution in [0.1, 0.15) is 10.4 Å². The van der Waals surface area contributed by atoms with Crippen molar-refractivity contribution < 1.29 is 18.7 Å². The summed E-state index contributed by atoms with van der Waals surface area (Å²) < 4.78 is 19.2. The Morgan fingerprint density at radius 1 is 1.00 bits per heavy atom. The summed E-state index contributed by atoms with van der Waals surface area (Å²) in [7, 11) is 0. The molecule has 0 saturated carbocycles. The van der Waals surface area contributed by atoms with Crippen LogP contribution < -0.4 is 20.9 Å². The Hall–Kier alpha value is -3.04. The summed E-state index contributed by atoms with van der Waals surface area (Å²) in [6.45, 7) is -0.265. The van der Waals surface area contributed by atoms with E-state index < -0.39 is 17.6 Å². The molecule has 148 valence electrons. The van der Waals surface area contributed by atoms with Gasteiger partial charge in [-0.2, -0.15) is 0 Å². The van der Waals surface area contributed by atoms with Gasteiger partial charge in [0.15, 0.2) is 11.7 Å². The smallest absolute Gasteiger partial charge is 0.276 e. The zero-order chi connectivity index (χ0) is 20.8. The van der Waals surface area contributed by atoms with Gasteiger partial charge in [0.1, 0.15) is 11.6 Å². The number of carbonyl (C=O) groups is 2. The highest BCUT2D eigenvalue weighted by molar-refractivity contribution is 9.10. The summed E-state index contributed by atoms with van der Waals surface area (Å²) in [6.07, 6.45) is 0. The number of halogens is 2. The van der Waals surface area contributed by atoms with E-state index in [9.17, 15) is 14.0 Å². The fraction of sp³-hybridized carbons (Fsp3) is 0.0500. The molecule has 6 nitrogen and oxygen atoms in total. The lowest BCUT2D eigenvalue weighted by atomic mass is 10.1. The number of hydrogen-bond donors (Lipinski definition) is 3. The third-order valence-electron chi connectivity index (χ3n) is 3.84. The zero-order valence-corrected chi connectivity index (χ0v) is 17.3. The highest BCUT2D eigenvalue weighted by Crippen LogP contribution is 2.32. The van der Waals surface area contributed by atoms with E-state index in [2.05, 4.69) is 32.1 Å². The van der Waals surface area contributed by atoms with Gasteiger partial charge in [0.25, 0.3) is 11.8 Å². The maximum atomic E-state index is 12.9. The largest absolute Gasteiger partial charge is 0.483 e. The van der Waals surface area contributed by atoms with Crippen LogP contribution in [0.5, 0.6) is 5.75 Å². The van der Waals surface area contributed by atoms with Crippen LogP contribution in [0.15, 0.2) is 65.1 Å². The SMILES string of the molecule is O=C(COc1ccc2ccccc2c1Br)NNC(=S)NC(=O)c1ccc(F)cc1. The van der Waals surface area contributed by atoms with Crippen molar-refractivity contribution in [3.63, 3.8) is 0 Å². The molecule has 0 aliphatic carbocycles. The number of fused-ring (bicyclic) bond motifs is 1. The van der Waals surface area contributed by atoms with E-state index in [0.717, 1.165) is 27.4 Å². The Bertz CT molecular complexity index is 1080. The van der Waals surface area contributed by atoms with Crippen LogP contribution in [0, 0.1) is 5.82 Å².